The van der Waals surface area contributed by atoms with E-state index in [1.54, 1.807) is 32.1 Å². The number of unbranched alkanes of at least 4 members (excludes halogenated alkanes) is 3. The van der Waals surface area contributed by atoms with E-state index in [1.165, 1.54) is 42.3 Å². The van der Waals surface area contributed by atoms with Crippen LogP contribution in [0.25, 0.3) is 0 Å². The molecule has 0 unspecified atom stereocenters. The van der Waals surface area contributed by atoms with E-state index in [-0.39, 0.29) is 47.3 Å². The van der Waals surface area contributed by atoms with Crippen molar-refractivity contribution in [1.29, 1.82) is 0 Å². The smallest absolute Gasteiger partial charge is 0.405 e. The second-order valence-electron chi connectivity index (χ2n) is 16.8. The van der Waals surface area contributed by atoms with Crippen molar-refractivity contribution in [1.82, 2.24) is 10.6 Å². The molecule has 1 heterocycles. The largest absolute Gasteiger partial charge is 1.00 e. The molecule has 5 rings (SSSR count). The number of halogens is 1. The quantitative estimate of drug-likeness (QED) is 0.0813. The topological polar surface area (TPSA) is 166 Å². The number of nitrogens with one attached hydrogen (secondary N) is 2. The number of aliphatic hydroxyl groups is 1. The monoisotopic (exact) mass is 925 g/mol. The molecule has 1 aliphatic carbocycles. The summed E-state index contributed by atoms with van der Waals surface area (Å²) >= 11 is 0. The number of allylic oxidation sites excluding steroid dienone is 4. The molecule has 3 aromatic carbocycles. The molecule has 13 heteroatoms. The van der Waals surface area contributed by atoms with Crippen molar-refractivity contribution in [2.75, 3.05) is 26.9 Å². The average molecular weight is 927 g/mol. The number of rotatable bonds is 14. The molecule has 2 aliphatic rings. The summed E-state index contributed by atoms with van der Waals surface area (Å²) in [5.74, 6) is -2.09. The Morgan fingerprint density at radius 2 is 1.42 bits per heavy atom. The van der Waals surface area contributed by atoms with Crippen LogP contribution in [0.5, 0.6) is 0 Å². The fourth-order valence-corrected chi connectivity index (χ4v) is 13.1. The molecule has 348 valence electrons. The van der Waals surface area contributed by atoms with Gasteiger partial charge in [0.25, 0.3) is 5.91 Å². The molecule has 6 atom stereocenters. The molecule has 5 N–H and O–H groups in total. The van der Waals surface area contributed by atoms with Gasteiger partial charge in [0, 0.05) is 43.9 Å². The van der Waals surface area contributed by atoms with Gasteiger partial charge in [-0.15, -0.1) is 0 Å². The van der Waals surface area contributed by atoms with Crippen molar-refractivity contribution >= 4 is 46.7 Å². The number of amides is 2. The maximum atomic E-state index is 14.2. The predicted molar refractivity (Wildman–Crippen MR) is 256 cm³/mol. The Kier molecular flexibility index (Phi) is 20.6. The van der Waals surface area contributed by atoms with E-state index in [4.69, 9.17) is 19.9 Å². The highest BCUT2D eigenvalue weighted by Gasteiger charge is 2.44. The molecule has 0 saturated carbocycles. The van der Waals surface area contributed by atoms with Crippen LogP contribution in [0.1, 0.15) is 66.2 Å². The predicted octanol–water partition coefficient (Wildman–Crippen LogP) is 3.91. The lowest BCUT2D eigenvalue weighted by Gasteiger charge is -2.30. The summed E-state index contributed by atoms with van der Waals surface area (Å²) < 4.78 is 16.9. The number of Topliss-reactive ketones (excluding diaryl/α,β-unsaturated/α-hetero) is 1. The third kappa shape index (κ3) is 13.7. The number of carbonyl (C=O) groups is 4. The van der Waals surface area contributed by atoms with Crippen LogP contribution in [-0.2, 0) is 28.6 Å². The number of hydrogen-bond acceptors (Lipinski definition) is 9. The lowest BCUT2D eigenvalue weighted by atomic mass is 9.85. The van der Waals surface area contributed by atoms with E-state index >= 15 is 0 Å². The highest BCUT2D eigenvalue weighted by Crippen LogP contribution is 2.56. The zero-order valence-corrected chi connectivity index (χ0v) is 40.0. The first kappa shape index (κ1) is 52.5. The second kappa shape index (κ2) is 25.5. The Bertz CT molecular complexity index is 2130. The number of ketones is 2. The molecule has 0 saturated heterocycles. The molecule has 0 fully saturated rings. The van der Waals surface area contributed by atoms with Gasteiger partial charge in [0.2, 0.25) is 11.6 Å². The van der Waals surface area contributed by atoms with E-state index in [9.17, 15) is 24.3 Å². The number of aliphatic hydroxyl groups excluding tert-OH is 1. The minimum Gasteiger partial charge on any atom is -1.00 e. The van der Waals surface area contributed by atoms with Gasteiger partial charge in [-0.2, -0.15) is 0 Å². The van der Waals surface area contributed by atoms with Crippen LogP contribution in [0.3, 0.4) is 0 Å². The van der Waals surface area contributed by atoms with Gasteiger partial charge in [-0.3, -0.25) is 14.4 Å². The molecule has 0 aromatic heterocycles. The third-order valence-electron chi connectivity index (χ3n) is 12.1. The first-order valence-corrected chi connectivity index (χ1v) is 24.1. The minimum atomic E-state index is -1.94. The lowest BCUT2D eigenvalue weighted by Crippen LogP contribution is -3.00. The zero-order valence-electron chi connectivity index (χ0n) is 38.4. The van der Waals surface area contributed by atoms with Crippen LogP contribution >= 0.6 is 7.26 Å². The van der Waals surface area contributed by atoms with Gasteiger partial charge in [-0.05, 0) is 93.8 Å². The lowest BCUT2D eigenvalue weighted by molar-refractivity contribution is -0.120. The number of benzene rings is 3. The highest BCUT2D eigenvalue weighted by atomic mass is 35.5. The molecular weight excluding hydrogens is 861 g/mol. The number of fused-ring (bicyclic) bond motifs is 2. The molecule has 0 spiro atoms. The first-order valence-electron chi connectivity index (χ1n) is 22.2. The van der Waals surface area contributed by atoms with Gasteiger partial charge in [0.1, 0.15) is 29.3 Å². The van der Waals surface area contributed by atoms with Crippen molar-refractivity contribution in [2.24, 2.45) is 17.6 Å². The standard InChI is InChI=1S/C52H64N3O8P.ClH/c1-35-31-42-47(54-29-18-7-8-19-30-64(39-22-12-9-13-23-39,40-24-14-10-15-25-40)41-26-16-11-17-27-41)44(56)34-43(49(42)58)55-51(59)36(2)21-20-28-45(61-5)50(63-52(53)60)38(4)33-37(3)48(57)46(32-35)62-6;/h9-17,20-28,33-35,37,45-46,48,50,57H,7-8,18-19,29-32H2,1-6H3,(H3-,53,54,55,56,58,59,60);1H/b28-20-,36-21+,38-33+;/t35-,37+,45+,46+,48-,50+;/m1./s1. The molecule has 65 heavy (non-hydrogen) atoms. The van der Waals surface area contributed by atoms with Crippen molar-refractivity contribution in [2.45, 2.75) is 90.6 Å². The Morgan fingerprint density at radius 3 is 1.95 bits per heavy atom. The third-order valence-corrected chi connectivity index (χ3v) is 16.6. The number of methoxy groups -OCH3 is 2. The summed E-state index contributed by atoms with van der Waals surface area (Å²) in [5.41, 5.74) is 6.67. The van der Waals surface area contributed by atoms with Gasteiger partial charge in [-0.25, -0.2) is 4.79 Å². The Hall–Kier alpha value is -5.16. The van der Waals surface area contributed by atoms with Gasteiger partial charge in [-0.1, -0.05) is 99.2 Å². The van der Waals surface area contributed by atoms with Gasteiger partial charge in [0.15, 0.2) is 6.10 Å². The van der Waals surface area contributed by atoms with Crippen molar-refractivity contribution in [3.05, 3.63) is 149 Å². The number of nitrogens with two attached hydrogens (primary N) is 1. The summed E-state index contributed by atoms with van der Waals surface area (Å²) in [4.78, 5) is 53.4. The van der Waals surface area contributed by atoms with Crippen LogP contribution in [0.4, 0.5) is 4.79 Å². The molecular formula is C52H65ClN3O8P. The van der Waals surface area contributed by atoms with Crippen molar-refractivity contribution in [3.8, 4) is 0 Å². The summed E-state index contributed by atoms with van der Waals surface area (Å²) in [6.45, 7) is 7.58. The summed E-state index contributed by atoms with van der Waals surface area (Å²) in [7, 11) is 1.03. The molecule has 3 aromatic rings. The van der Waals surface area contributed by atoms with E-state index in [0.717, 1.165) is 31.8 Å². The van der Waals surface area contributed by atoms with Crippen LogP contribution in [-0.4, -0.2) is 80.0 Å². The van der Waals surface area contributed by atoms with Crippen LogP contribution in [0, 0.1) is 11.8 Å². The van der Waals surface area contributed by atoms with Crippen molar-refractivity contribution in [3.63, 3.8) is 0 Å². The van der Waals surface area contributed by atoms with Crippen LogP contribution in [0.15, 0.2) is 149 Å². The second-order valence-corrected chi connectivity index (χ2v) is 20.4. The minimum absolute atomic E-state index is 0. The Labute approximate surface area is 391 Å². The number of ether oxygens (including phenoxy) is 3. The summed E-state index contributed by atoms with van der Waals surface area (Å²) in [6, 6.07) is 32.6. The SMILES string of the molecule is CO[C@H]1/C=C\C=C(/C)C(=O)NC2=CC(=O)C(NCCCCCC[P+](c3ccccc3)(c3ccccc3)c3ccccc3)=C(C[C@@H](C)C[C@H](OC)[C@H](O)[C@@H](C)/C=C(\C)[C@@H]1OC(N)=O)C2=O.[Cl-]. The highest BCUT2D eigenvalue weighted by molar-refractivity contribution is 7.95. The molecule has 2 bridgehead atoms. The van der Waals surface area contributed by atoms with E-state index in [0.29, 0.717) is 18.5 Å². The first-order chi connectivity index (χ1) is 30.8. The fourth-order valence-electron chi connectivity index (χ4n) is 8.70. The normalized spacial score (nSPS) is 24.6. The van der Waals surface area contributed by atoms with E-state index < -0.39 is 61.2 Å². The van der Waals surface area contributed by atoms with Crippen LogP contribution in [0.2, 0.25) is 0 Å². The molecule has 11 nitrogen and oxygen atoms in total. The van der Waals surface area contributed by atoms with Gasteiger partial charge < -0.3 is 48.1 Å². The Balaban J connectivity index is 0.00000925. The van der Waals surface area contributed by atoms with Gasteiger partial charge in [0.05, 0.1) is 29.8 Å². The van der Waals surface area contributed by atoms with E-state index in [1.807, 2.05) is 13.8 Å². The molecule has 0 radical (unpaired) electrons. The summed E-state index contributed by atoms with van der Waals surface area (Å²) in [5, 5.41) is 21.6. The average Bonchev–Trinajstić information content (AvgIpc) is 3.29. The van der Waals surface area contributed by atoms with Crippen molar-refractivity contribution < 1.29 is 50.9 Å². The fraction of sp³-hybridized carbons (Fsp3) is 0.385. The number of primary amides is 1. The Morgan fingerprint density at radius 1 is 0.846 bits per heavy atom. The molecule has 2 amide bonds. The van der Waals surface area contributed by atoms with Crippen LogP contribution < -0.4 is 44.7 Å². The number of carbonyl (C=O) groups excluding carboxylic acids is 4. The van der Waals surface area contributed by atoms with Gasteiger partial charge >= 0.3 is 6.09 Å². The maximum Gasteiger partial charge on any atom is 0.405 e. The summed E-state index contributed by atoms with van der Waals surface area (Å²) in [6.07, 6.45) is 8.61. The zero-order chi connectivity index (χ0) is 46.2. The maximum absolute atomic E-state index is 14.2. The van der Waals surface area contributed by atoms with E-state index in [2.05, 4.69) is 102 Å². The number of hydrogen-bond donors (Lipinski definition) is 4. The molecule has 1 aliphatic heterocycles.